The quantitative estimate of drug-likeness (QED) is 0.0351. The number of nitrogens with one attached hydrogen (secondary N) is 4. The molecule has 0 fully saturated rings. The van der Waals surface area contributed by atoms with Crippen LogP contribution in [0.15, 0.2) is 302 Å². The van der Waals surface area contributed by atoms with Crippen LogP contribution < -0.4 is 27.8 Å². The summed E-state index contributed by atoms with van der Waals surface area (Å²) in [6.07, 6.45) is -1.13. The van der Waals surface area contributed by atoms with E-state index in [1.165, 1.54) is 57.0 Å². The number of aryl methyl sites for hydroxylation is 7. The third kappa shape index (κ3) is 19.7. The predicted octanol–water partition coefficient (Wildman–Crippen LogP) is 19.3. The maximum atomic E-state index is 15.5. The Labute approximate surface area is 700 Å². The first-order valence-electron chi connectivity index (χ1n) is 41.1. The molecule has 0 spiro atoms. The van der Waals surface area contributed by atoms with Crippen LogP contribution in [0.5, 0.6) is 0 Å². The van der Waals surface area contributed by atoms with E-state index in [-0.39, 0.29) is 30.2 Å². The summed E-state index contributed by atoms with van der Waals surface area (Å²) in [4.78, 5) is 16.4. The Bertz CT molecular complexity index is 6390. The van der Waals surface area contributed by atoms with E-state index in [4.69, 9.17) is 16.2 Å². The van der Waals surface area contributed by atoms with Gasteiger partial charge in [0.2, 0.25) is 28.4 Å². The number of para-hydroxylation sites is 8. The lowest BCUT2D eigenvalue weighted by Crippen LogP contribution is -2.36. The van der Waals surface area contributed by atoms with Gasteiger partial charge in [-0.3, -0.25) is 26.0 Å². The van der Waals surface area contributed by atoms with Gasteiger partial charge in [-0.2, -0.15) is 0 Å². The molecule has 0 saturated carbocycles. The highest BCUT2D eigenvalue weighted by Crippen LogP contribution is 2.35. The molecular formula is C102H109F2N13O3. The molecule has 12 aromatic carbocycles. The van der Waals surface area contributed by atoms with Gasteiger partial charge in [-0.15, -0.1) is 0 Å². The Balaban J connectivity index is 0.000000138. The van der Waals surface area contributed by atoms with E-state index < -0.39 is 31.0 Å². The molecule has 6 N–H and O–H groups in total. The fourth-order valence-corrected chi connectivity index (χ4v) is 15.9. The summed E-state index contributed by atoms with van der Waals surface area (Å²) >= 11 is 0. The monoisotopic (exact) mass is 1600 g/mol. The zero-order chi connectivity index (χ0) is 84.7. The fourth-order valence-electron chi connectivity index (χ4n) is 15.9. The van der Waals surface area contributed by atoms with Gasteiger partial charge < -0.3 is 52.1 Å². The van der Waals surface area contributed by atoms with E-state index in [1.807, 2.05) is 152 Å². The highest BCUT2D eigenvalue weighted by atomic mass is 19.1. The number of hydrogen-bond donors (Lipinski definition) is 6. The molecule has 4 heterocycles. The molecule has 2 unspecified atom stereocenters. The summed E-state index contributed by atoms with van der Waals surface area (Å²) in [6, 6.07) is 97.5. The van der Waals surface area contributed by atoms with Crippen molar-refractivity contribution in [3.8, 4) is 0 Å². The normalized spacial score (nSPS) is 13.0. The number of fused-ring (bicyclic) bond motifs is 4. The molecule has 0 saturated heterocycles. The van der Waals surface area contributed by atoms with Crippen molar-refractivity contribution in [3.63, 3.8) is 0 Å². The first-order valence-corrected chi connectivity index (χ1v) is 41.1. The molecule has 16 nitrogen and oxygen atoms in total. The number of hydrogen-bond acceptors (Lipinski definition) is 7. The molecular weight excluding hydrogens is 1490 g/mol. The van der Waals surface area contributed by atoms with Crippen LogP contribution in [0.3, 0.4) is 0 Å². The van der Waals surface area contributed by atoms with E-state index >= 15 is 8.78 Å². The van der Waals surface area contributed by atoms with Crippen molar-refractivity contribution < 1.29 is 23.8 Å². The van der Waals surface area contributed by atoms with Crippen molar-refractivity contribution in [3.05, 3.63) is 403 Å². The second-order valence-corrected chi connectivity index (χ2v) is 31.6. The van der Waals surface area contributed by atoms with Crippen LogP contribution in [-0.2, 0) is 43.8 Å². The van der Waals surface area contributed by atoms with E-state index in [2.05, 4.69) is 221 Å². The lowest BCUT2D eigenvalue weighted by molar-refractivity contribution is -0.119. The molecule has 0 aliphatic heterocycles. The zero-order valence-corrected chi connectivity index (χ0v) is 70.2. The Morgan fingerprint density at radius 1 is 0.350 bits per heavy atom. The van der Waals surface area contributed by atoms with Gasteiger partial charge in [-0.25, -0.2) is 8.78 Å². The van der Waals surface area contributed by atoms with Gasteiger partial charge in [0.15, 0.2) is 0 Å². The number of aromatic nitrogens is 8. The lowest BCUT2D eigenvalue weighted by Gasteiger charge is -2.22. The summed E-state index contributed by atoms with van der Waals surface area (Å²) in [5.41, 5.74) is 26.0. The van der Waals surface area contributed by atoms with E-state index in [1.54, 1.807) is 33.4 Å². The molecule has 0 aliphatic carbocycles. The number of carbonyl (C=O) groups excluding carboxylic acids is 1. The van der Waals surface area contributed by atoms with Crippen LogP contribution in [0.4, 0.5) is 8.78 Å². The first-order chi connectivity index (χ1) is 58.1. The molecule has 0 aliphatic rings. The minimum absolute atomic E-state index is 0.0552. The van der Waals surface area contributed by atoms with Gasteiger partial charge in [0, 0.05) is 20.5 Å². The number of amides is 1. The van der Waals surface area contributed by atoms with Gasteiger partial charge in [-0.1, -0.05) is 288 Å². The van der Waals surface area contributed by atoms with Gasteiger partial charge in [0.05, 0.1) is 108 Å². The second-order valence-electron chi connectivity index (χ2n) is 31.6. The van der Waals surface area contributed by atoms with E-state index in [0.717, 1.165) is 91.4 Å². The molecule has 16 rings (SSSR count). The standard InChI is InChI=1S/C27H30N4O.C26H29N3O.C25H26FN3O.C24H24FN3/c1-19-8-12-22(13-9-19)16-24(17-29-21(3)32)31-26-7-5-4-6-25(26)30(27(31)28)18-23-14-10-20(2)11-15-23;1-19-8-12-21(13-9-19)16-23(18-30)29-25-7-5-4-6-24(25)28(26(29)27-3)17-22-14-10-20(2)11-15-22;1-17-7-11-19(12-8-17)15-28-21-5-3-4-6-22(21)29(25(28)27)23(16-30)24(26)20-13-9-18(2)10-14-20;1-17-12-14-19(15-13-17)16-27-21-10-6-7-11-22(21)28(24(27)26)18(2)23(25)20-8-4-3-5-9-20/h4-15,24,28H,16-18H2,1-3H3,(H,29,32);4-15,23,30H,16-18H2,1-3H3;3-14,23-24,27,30H,15-16H2,1-2H3;3-15,18,23,26H,16H2,1-2H3/t;;23-,24+;18-,23+/m..10/s1. The maximum absolute atomic E-state index is 15.5. The molecule has 6 atom stereocenters. The van der Waals surface area contributed by atoms with Crippen molar-refractivity contribution in [2.75, 3.05) is 26.8 Å². The molecule has 1 amide bonds. The molecule has 120 heavy (non-hydrogen) atoms. The van der Waals surface area contributed by atoms with Gasteiger partial charge in [-0.05, 0) is 161 Å². The van der Waals surface area contributed by atoms with Gasteiger partial charge in [0.1, 0.15) is 12.3 Å². The predicted molar refractivity (Wildman–Crippen MR) is 480 cm³/mol. The van der Waals surface area contributed by atoms with E-state index in [0.29, 0.717) is 48.5 Å². The molecule has 16 aromatic rings. The number of halogens is 2. The summed E-state index contributed by atoms with van der Waals surface area (Å²) in [5, 5.41) is 50.2. The number of nitrogens with zero attached hydrogens (tertiary/aromatic N) is 9. The summed E-state index contributed by atoms with van der Waals surface area (Å²) in [6.45, 7) is 20.4. The third-order valence-corrected chi connectivity index (χ3v) is 22.6. The van der Waals surface area contributed by atoms with Crippen molar-refractivity contribution in [2.45, 2.75) is 138 Å². The Morgan fingerprint density at radius 2 is 0.642 bits per heavy atom. The van der Waals surface area contributed by atoms with Crippen LogP contribution in [0.25, 0.3) is 44.1 Å². The Kier molecular flexibility index (Phi) is 27.6. The third-order valence-electron chi connectivity index (χ3n) is 22.6. The molecule has 18 heteroatoms. The van der Waals surface area contributed by atoms with Crippen LogP contribution in [0.2, 0.25) is 0 Å². The Morgan fingerprint density at radius 3 is 1.01 bits per heavy atom. The van der Waals surface area contributed by atoms with Crippen molar-refractivity contribution >= 4 is 50.0 Å². The summed E-state index contributed by atoms with van der Waals surface area (Å²) in [5.74, 6) is -0.0607. The number of rotatable bonds is 24. The highest BCUT2D eigenvalue weighted by Gasteiger charge is 2.30. The molecule has 4 aromatic heterocycles. The van der Waals surface area contributed by atoms with Crippen LogP contribution >= 0.6 is 0 Å². The summed E-state index contributed by atoms with van der Waals surface area (Å²) in [7, 11) is 1.83. The zero-order valence-electron chi connectivity index (χ0n) is 70.2. The van der Waals surface area contributed by atoms with E-state index in [9.17, 15) is 15.0 Å². The first kappa shape index (κ1) is 84.9. The van der Waals surface area contributed by atoms with Crippen molar-refractivity contribution in [1.82, 2.24) is 41.9 Å². The number of alkyl halides is 2. The number of aliphatic hydroxyl groups is 2. The topological polar surface area (TPSA) is 193 Å². The number of imidazole rings is 4. The maximum Gasteiger partial charge on any atom is 0.216 e. The molecule has 614 valence electrons. The minimum atomic E-state index is -1.43. The lowest BCUT2D eigenvalue weighted by atomic mass is 10.0. The minimum Gasteiger partial charge on any atom is -0.394 e. The van der Waals surface area contributed by atoms with Crippen molar-refractivity contribution in [1.29, 1.82) is 16.2 Å². The summed E-state index contributed by atoms with van der Waals surface area (Å²) < 4.78 is 46.6. The molecule has 0 bridgehead atoms. The smallest absolute Gasteiger partial charge is 0.216 e. The average Bonchev–Trinajstić information content (AvgIpc) is 1.64. The number of aliphatic hydroxyl groups excluding tert-OH is 2. The second kappa shape index (κ2) is 39.0. The number of benzene rings is 12. The van der Waals surface area contributed by atoms with Crippen LogP contribution in [0, 0.1) is 64.7 Å². The Hall–Kier alpha value is -13.0. The molecule has 0 radical (unpaired) electrons. The largest absolute Gasteiger partial charge is 0.394 e. The SMILES string of the molecule is CC(=O)NCC(Cc1ccc(C)cc1)n1c(=N)n(Cc2ccc(C)cc2)c2ccccc21.CN=c1n(Cc2ccc(C)cc2)c2ccccc2n1C(CO)Cc1ccc(C)cc1.Cc1ccc(Cn2c(=N)n([C@@H](C)[C@@H](F)c3ccccc3)c3ccccc32)cc1.Cc1ccc(Cn2c(=N)n([C@H](CO)[C@@H](F)c3ccc(C)cc3)c3ccccc32)cc1. The van der Waals surface area contributed by atoms with Crippen LogP contribution in [0.1, 0.15) is 134 Å². The average molecular weight is 1600 g/mol. The van der Waals surface area contributed by atoms with Crippen molar-refractivity contribution in [2.24, 2.45) is 4.99 Å². The van der Waals surface area contributed by atoms with Gasteiger partial charge in [0.25, 0.3) is 0 Å². The highest BCUT2D eigenvalue weighted by molar-refractivity contribution is 5.79. The van der Waals surface area contributed by atoms with Gasteiger partial charge >= 0.3 is 0 Å². The van der Waals surface area contributed by atoms with Crippen LogP contribution in [-0.4, -0.2) is 79.5 Å². The fraction of sp³-hybridized carbons (Fsp3) is 0.245. The number of carbonyl (C=O) groups is 1.